The number of hydrogen-bond acceptors (Lipinski definition) is 12. The molecule has 2 aliphatic heterocycles. The first-order chi connectivity index (χ1) is 33.2. The van der Waals surface area contributed by atoms with Crippen LogP contribution in [0.1, 0.15) is 41.7 Å². The first-order valence-corrected chi connectivity index (χ1v) is 22.7. The molecular weight excluding hydrogens is 873 g/mol. The zero-order valence-corrected chi connectivity index (χ0v) is 38.2. The zero-order valence-electron chi connectivity index (χ0n) is 38.2. The average molecular weight is 933 g/mol. The number of amides is 2. The summed E-state index contributed by atoms with van der Waals surface area (Å²) in [6, 6.07) is 45.8. The van der Waals surface area contributed by atoms with Crippen LogP contribution in [0.5, 0.6) is 0 Å². The summed E-state index contributed by atoms with van der Waals surface area (Å²) in [5, 5.41) is 15.9. The van der Waals surface area contributed by atoms with Gasteiger partial charge in [-0.25, -0.2) is 4.79 Å². The molecule has 0 aromatic heterocycles. The lowest BCUT2D eigenvalue weighted by atomic mass is 9.93. The first-order valence-electron chi connectivity index (χ1n) is 22.7. The summed E-state index contributed by atoms with van der Waals surface area (Å²) in [4.78, 5) is 38.6. The summed E-state index contributed by atoms with van der Waals surface area (Å²) in [5.41, 5.74) is 4.43. The van der Waals surface area contributed by atoms with E-state index in [1.807, 2.05) is 152 Å². The van der Waals surface area contributed by atoms with Gasteiger partial charge in [0.05, 0.1) is 46.2 Å². The lowest BCUT2D eigenvalue weighted by Crippen LogP contribution is -2.70. The van der Waals surface area contributed by atoms with Crippen LogP contribution in [0.3, 0.4) is 0 Å². The Morgan fingerprint density at radius 2 is 0.809 bits per heavy atom. The summed E-state index contributed by atoms with van der Waals surface area (Å²) in [5.74, 6) is -2.13. The normalized spacial score (nSPS) is 24.7. The lowest BCUT2D eigenvalue weighted by molar-refractivity contribution is -0.344. The number of aliphatic carboxylic acids is 1. The molecule has 3 N–H and O–H groups in total. The molecule has 360 valence electrons. The van der Waals surface area contributed by atoms with Crippen molar-refractivity contribution in [2.75, 3.05) is 19.8 Å². The van der Waals surface area contributed by atoms with E-state index >= 15 is 0 Å². The van der Waals surface area contributed by atoms with Crippen LogP contribution in [0, 0.1) is 0 Å². The molecule has 0 saturated carbocycles. The molecule has 0 spiro atoms. The van der Waals surface area contributed by atoms with Crippen molar-refractivity contribution in [2.24, 2.45) is 0 Å². The van der Waals surface area contributed by atoms with Gasteiger partial charge in [-0.2, -0.15) is 0 Å². The van der Waals surface area contributed by atoms with Gasteiger partial charge in [0.2, 0.25) is 11.8 Å². The number of carbonyl (C=O) groups excluding carboxylic acids is 2. The summed E-state index contributed by atoms with van der Waals surface area (Å²) < 4.78 is 59.5. The largest absolute Gasteiger partial charge is 0.480 e. The van der Waals surface area contributed by atoms with Crippen LogP contribution in [0.15, 0.2) is 152 Å². The Balaban J connectivity index is 1.27. The summed E-state index contributed by atoms with van der Waals surface area (Å²) in [6.07, 6.45) is -8.59. The lowest BCUT2D eigenvalue weighted by Gasteiger charge is -2.50. The van der Waals surface area contributed by atoms with Gasteiger partial charge >= 0.3 is 5.97 Å². The highest BCUT2D eigenvalue weighted by molar-refractivity contribution is 5.74. The molecule has 2 aliphatic rings. The van der Waals surface area contributed by atoms with E-state index in [-0.39, 0.29) is 46.2 Å². The number of carbonyl (C=O) groups is 3. The standard InChI is InChI=1S/C53H60N2O13/c1-36(56)54-46-51(64-35-45(58)59)49(44(34-61-29-39-20-10-4-11-21-39)66-52(46)65-32-42-26-16-7-17-27-42)68-53-47(55-37(2)57)50(63-31-41-24-14-6-15-25-41)48(62-30-40-22-12-5-13-23-40)43(67-53)33-60-28-38-18-8-3-9-19-38/h3-27,43-44,46-53H,28-35H2,1-2H3,(H,54,56)(H,55,57)(H,58,59)/t43-,44-,46-,47-,48-,49-,50-,51-,52+,53+/m1/s1. The predicted octanol–water partition coefficient (Wildman–Crippen LogP) is 6.12. The predicted molar refractivity (Wildman–Crippen MR) is 248 cm³/mol. The van der Waals surface area contributed by atoms with Crippen molar-refractivity contribution in [3.8, 4) is 0 Å². The smallest absolute Gasteiger partial charge is 0.329 e. The van der Waals surface area contributed by atoms with E-state index in [1.165, 1.54) is 13.8 Å². The molecule has 0 bridgehead atoms. The number of nitrogens with one attached hydrogen (secondary N) is 2. The van der Waals surface area contributed by atoms with Gasteiger partial charge in [0, 0.05) is 13.8 Å². The van der Waals surface area contributed by atoms with E-state index in [1.54, 1.807) is 0 Å². The van der Waals surface area contributed by atoms with Gasteiger partial charge in [0.15, 0.2) is 12.6 Å². The van der Waals surface area contributed by atoms with Gasteiger partial charge < -0.3 is 58.4 Å². The quantitative estimate of drug-likeness (QED) is 0.0646. The Kier molecular flexibility index (Phi) is 19.2. The number of ether oxygens (including phenoxy) is 9. The van der Waals surface area contributed by atoms with Gasteiger partial charge in [0.1, 0.15) is 55.3 Å². The van der Waals surface area contributed by atoms with Crippen molar-refractivity contribution in [3.63, 3.8) is 0 Å². The molecule has 15 heteroatoms. The van der Waals surface area contributed by atoms with Crippen molar-refractivity contribution < 1.29 is 62.1 Å². The molecule has 0 aliphatic carbocycles. The maximum Gasteiger partial charge on any atom is 0.329 e. The topological polar surface area (TPSA) is 179 Å². The van der Waals surface area contributed by atoms with Gasteiger partial charge in [-0.05, 0) is 27.8 Å². The molecule has 2 amide bonds. The van der Waals surface area contributed by atoms with Crippen molar-refractivity contribution in [1.29, 1.82) is 0 Å². The van der Waals surface area contributed by atoms with Gasteiger partial charge in [-0.15, -0.1) is 0 Å². The third-order valence-electron chi connectivity index (χ3n) is 11.3. The Morgan fingerprint density at radius 1 is 0.456 bits per heavy atom. The van der Waals surface area contributed by atoms with Crippen LogP contribution in [0.25, 0.3) is 0 Å². The third kappa shape index (κ3) is 15.1. The monoisotopic (exact) mass is 932 g/mol. The van der Waals surface area contributed by atoms with Crippen LogP contribution in [0.2, 0.25) is 0 Å². The third-order valence-corrected chi connectivity index (χ3v) is 11.3. The van der Waals surface area contributed by atoms with Crippen molar-refractivity contribution >= 4 is 17.8 Å². The molecule has 10 atom stereocenters. The van der Waals surface area contributed by atoms with Gasteiger partial charge in [-0.1, -0.05) is 152 Å². The average Bonchev–Trinajstić information content (AvgIpc) is 3.35. The minimum atomic E-state index is -1.33. The molecule has 2 fully saturated rings. The summed E-state index contributed by atoms with van der Waals surface area (Å²) in [7, 11) is 0. The van der Waals surface area contributed by atoms with Crippen molar-refractivity contribution in [1.82, 2.24) is 10.6 Å². The Hall–Kier alpha value is -5.85. The van der Waals surface area contributed by atoms with E-state index in [0.29, 0.717) is 0 Å². The molecular formula is C53H60N2O13. The molecule has 0 unspecified atom stereocenters. The molecule has 7 rings (SSSR count). The fourth-order valence-electron chi connectivity index (χ4n) is 8.21. The van der Waals surface area contributed by atoms with Crippen LogP contribution in [0.4, 0.5) is 0 Å². The molecule has 0 radical (unpaired) electrons. The van der Waals surface area contributed by atoms with E-state index in [9.17, 15) is 19.5 Å². The summed E-state index contributed by atoms with van der Waals surface area (Å²) in [6.45, 7) is 2.72. The van der Waals surface area contributed by atoms with Crippen LogP contribution >= 0.6 is 0 Å². The molecule has 15 nitrogen and oxygen atoms in total. The SMILES string of the molecule is CC(=O)N[C@H]1[C@H](O[C@H]2[C@H](OCC(=O)O)[C@@H](NC(C)=O)[C@@H](OCc3ccccc3)O[C@@H]2COCc2ccccc2)O[C@H](COCc2ccccc2)[C@@H](OCc2ccccc2)[C@@H]1OCc1ccccc1. The minimum Gasteiger partial charge on any atom is -0.480 e. The van der Waals surface area contributed by atoms with Crippen LogP contribution in [-0.2, 0) is 90.0 Å². The highest BCUT2D eigenvalue weighted by Crippen LogP contribution is 2.35. The maximum absolute atomic E-state index is 13.3. The minimum absolute atomic E-state index is 0.0137. The van der Waals surface area contributed by atoms with E-state index < -0.39 is 85.7 Å². The van der Waals surface area contributed by atoms with Gasteiger partial charge in [0.25, 0.3) is 0 Å². The molecule has 68 heavy (non-hydrogen) atoms. The second-order valence-corrected chi connectivity index (χ2v) is 16.6. The molecule has 2 heterocycles. The second kappa shape index (κ2) is 26.1. The highest BCUT2D eigenvalue weighted by atomic mass is 16.7. The van der Waals surface area contributed by atoms with E-state index in [0.717, 1.165) is 27.8 Å². The zero-order chi connectivity index (χ0) is 47.5. The Morgan fingerprint density at radius 3 is 1.24 bits per heavy atom. The number of carboxylic acids is 1. The first kappa shape index (κ1) is 50.0. The van der Waals surface area contributed by atoms with Crippen LogP contribution in [-0.4, -0.2) is 104 Å². The van der Waals surface area contributed by atoms with Gasteiger partial charge in [-0.3, -0.25) is 9.59 Å². The number of carboxylic acid groups (broad SMARTS) is 1. The molecule has 5 aromatic carbocycles. The number of hydrogen-bond donors (Lipinski definition) is 3. The highest BCUT2D eigenvalue weighted by Gasteiger charge is 2.54. The van der Waals surface area contributed by atoms with E-state index in [4.69, 9.17) is 42.6 Å². The fourth-order valence-corrected chi connectivity index (χ4v) is 8.21. The van der Waals surface area contributed by atoms with Crippen molar-refractivity contribution in [2.45, 2.75) is 108 Å². The number of rotatable bonds is 24. The Bertz CT molecular complexity index is 2260. The summed E-state index contributed by atoms with van der Waals surface area (Å²) >= 11 is 0. The molecule has 5 aromatic rings. The second-order valence-electron chi connectivity index (χ2n) is 16.6. The number of benzene rings is 5. The maximum atomic E-state index is 13.3. The van der Waals surface area contributed by atoms with Crippen LogP contribution < -0.4 is 10.6 Å². The fraction of sp³-hybridized carbons (Fsp3) is 0.377. The van der Waals surface area contributed by atoms with E-state index in [2.05, 4.69) is 10.6 Å². The Labute approximate surface area is 396 Å². The van der Waals surface area contributed by atoms with Crippen molar-refractivity contribution in [3.05, 3.63) is 179 Å². The molecule has 2 saturated heterocycles.